The Morgan fingerprint density at radius 2 is 2.11 bits per heavy atom. The van der Waals surface area contributed by atoms with E-state index in [0.29, 0.717) is 5.69 Å². The van der Waals surface area contributed by atoms with Crippen molar-refractivity contribution >= 4 is 21.8 Å². The third kappa shape index (κ3) is 4.47. The van der Waals surface area contributed by atoms with E-state index in [1.807, 2.05) is 24.3 Å². The number of rotatable bonds is 6. The Kier molecular flexibility index (Phi) is 6.57. The van der Waals surface area contributed by atoms with E-state index in [1.165, 1.54) is 17.7 Å². The first-order valence-corrected chi connectivity index (χ1v) is 9.39. The molecule has 0 saturated carbocycles. The maximum absolute atomic E-state index is 11.5. The van der Waals surface area contributed by atoms with Gasteiger partial charge in [-0.3, -0.25) is 4.79 Å². The molecular weight excluding hydrogens is 432 g/mol. The molecule has 0 unspecified atom stereocenters. The predicted octanol–water partition coefficient (Wildman–Crippen LogP) is 0.856. The Morgan fingerprint density at radius 1 is 1.39 bits per heavy atom. The lowest BCUT2D eigenvalue weighted by Gasteiger charge is -2.41. The summed E-state index contributed by atoms with van der Waals surface area (Å²) >= 11 is 3.37. The average molecular weight is 453 g/mol. The molecule has 5 atom stereocenters. The van der Waals surface area contributed by atoms with Crippen molar-refractivity contribution in [3.05, 3.63) is 53.3 Å². The van der Waals surface area contributed by atoms with Crippen LogP contribution < -0.4 is 5.32 Å². The first-order valence-electron chi connectivity index (χ1n) is 8.60. The van der Waals surface area contributed by atoms with Crippen LogP contribution in [0.15, 0.2) is 47.6 Å². The van der Waals surface area contributed by atoms with Gasteiger partial charge in [0.05, 0.1) is 18.5 Å². The van der Waals surface area contributed by atoms with Gasteiger partial charge in [-0.15, -0.1) is 11.7 Å². The molecule has 0 radical (unpaired) electrons. The Morgan fingerprint density at radius 3 is 2.75 bits per heavy atom. The maximum atomic E-state index is 11.5. The summed E-state index contributed by atoms with van der Waals surface area (Å²) in [6.07, 6.45) is -1.52. The minimum Gasteiger partial charge on any atom is -0.388 e. The Bertz CT molecular complexity index is 828. The highest BCUT2D eigenvalue weighted by atomic mass is 79.9. The summed E-state index contributed by atoms with van der Waals surface area (Å²) in [6, 6.07) is 6.48. The second kappa shape index (κ2) is 8.93. The molecule has 0 bridgehead atoms. The van der Waals surface area contributed by atoms with E-state index in [-0.39, 0.29) is 12.5 Å². The maximum Gasteiger partial charge on any atom is 0.217 e. The molecule has 1 saturated heterocycles. The SMILES string of the molecule is C=CCO[C@H]1O[C@H](c2cn(-c3ccc(Br)cc3)nn2)[C@H](O)[C@H](O)[C@H]1NC(C)=O. The van der Waals surface area contributed by atoms with Crippen LogP contribution in [0.1, 0.15) is 18.7 Å². The second-order valence-electron chi connectivity index (χ2n) is 6.32. The Balaban J connectivity index is 1.84. The number of carbonyl (C=O) groups is 1. The zero-order valence-electron chi connectivity index (χ0n) is 15.1. The number of hydrogen-bond acceptors (Lipinski definition) is 7. The zero-order valence-corrected chi connectivity index (χ0v) is 16.7. The lowest BCUT2D eigenvalue weighted by molar-refractivity contribution is -0.265. The van der Waals surface area contributed by atoms with Gasteiger partial charge in [-0.1, -0.05) is 27.2 Å². The minimum absolute atomic E-state index is 0.141. The molecule has 150 valence electrons. The molecule has 1 aliphatic heterocycles. The number of halogens is 1. The smallest absolute Gasteiger partial charge is 0.217 e. The molecule has 28 heavy (non-hydrogen) atoms. The molecule has 3 rings (SSSR count). The lowest BCUT2D eigenvalue weighted by Crippen LogP contribution is -2.61. The summed E-state index contributed by atoms with van der Waals surface area (Å²) < 4.78 is 13.8. The van der Waals surface area contributed by atoms with Crippen molar-refractivity contribution in [2.45, 2.75) is 37.6 Å². The fourth-order valence-corrected chi connectivity index (χ4v) is 3.19. The van der Waals surface area contributed by atoms with Crippen LogP contribution in [0.25, 0.3) is 5.69 Å². The van der Waals surface area contributed by atoms with Gasteiger partial charge in [-0.05, 0) is 24.3 Å². The van der Waals surface area contributed by atoms with Crippen LogP contribution >= 0.6 is 15.9 Å². The first kappa shape index (κ1) is 20.6. The van der Waals surface area contributed by atoms with E-state index >= 15 is 0 Å². The van der Waals surface area contributed by atoms with Crippen LogP contribution in [0.2, 0.25) is 0 Å². The van der Waals surface area contributed by atoms with E-state index < -0.39 is 30.6 Å². The quantitative estimate of drug-likeness (QED) is 0.555. The van der Waals surface area contributed by atoms with Gasteiger partial charge in [0.15, 0.2) is 6.29 Å². The van der Waals surface area contributed by atoms with Crippen molar-refractivity contribution in [3.63, 3.8) is 0 Å². The van der Waals surface area contributed by atoms with Crippen molar-refractivity contribution in [1.82, 2.24) is 20.3 Å². The van der Waals surface area contributed by atoms with Crippen LogP contribution in [0.3, 0.4) is 0 Å². The van der Waals surface area contributed by atoms with Crippen molar-refractivity contribution in [2.24, 2.45) is 0 Å². The molecule has 1 fully saturated rings. The van der Waals surface area contributed by atoms with Gasteiger partial charge in [0.1, 0.15) is 30.0 Å². The second-order valence-corrected chi connectivity index (χ2v) is 7.23. The highest BCUT2D eigenvalue weighted by molar-refractivity contribution is 9.10. The number of aliphatic hydroxyl groups is 2. The fraction of sp³-hybridized carbons (Fsp3) is 0.389. The van der Waals surface area contributed by atoms with E-state index in [1.54, 1.807) is 6.20 Å². The molecule has 2 aromatic rings. The van der Waals surface area contributed by atoms with Crippen LogP contribution in [0.5, 0.6) is 0 Å². The monoisotopic (exact) mass is 452 g/mol. The third-order valence-electron chi connectivity index (χ3n) is 4.24. The molecule has 0 aliphatic carbocycles. The van der Waals surface area contributed by atoms with Gasteiger partial charge in [0, 0.05) is 11.4 Å². The topological polar surface area (TPSA) is 119 Å². The van der Waals surface area contributed by atoms with Gasteiger partial charge >= 0.3 is 0 Å². The molecule has 1 aromatic carbocycles. The highest BCUT2D eigenvalue weighted by Crippen LogP contribution is 2.32. The van der Waals surface area contributed by atoms with Crippen molar-refractivity contribution in [1.29, 1.82) is 0 Å². The molecule has 1 aliphatic rings. The van der Waals surface area contributed by atoms with Gasteiger partial charge in [-0.25, -0.2) is 4.68 Å². The molecule has 0 spiro atoms. The predicted molar refractivity (Wildman–Crippen MR) is 102 cm³/mol. The summed E-state index contributed by atoms with van der Waals surface area (Å²) in [6.45, 7) is 5.02. The molecule has 1 aromatic heterocycles. The molecule has 2 heterocycles. The highest BCUT2D eigenvalue weighted by Gasteiger charge is 2.47. The van der Waals surface area contributed by atoms with Gasteiger partial charge in [-0.2, -0.15) is 0 Å². The zero-order chi connectivity index (χ0) is 20.3. The fourth-order valence-electron chi connectivity index (χ4n) is 2.93. The Hall–Kier alpha value is -2.11. The largest absolute Gasteiger partial charge is 0.388 e. The minimum atomic E-state index is -1.34. The van der Waals surface area contributed by atoms with Crippen molar-refractivity contribution in [2.75, 3.05) is 6.61 Å². The number of carbonyl (C=O) groups excluding carboxylic acids is 1. The average Bonchev–Trinajstić information content (AvgIpc) is 3.15. The van der Waals surface area contributed by atoms with Gasteiger partial charge < -0.3 is 25.0 Å². The Labute approximate surface area is 170 Å². The van der Waals surface area contributed by atoms with Crippen LogP contribution in [0.4, 0.5) is 0 Å². The normalized spacial score (nSPS) is 27.4. The van der Waals surface area contributed by atoms with Gasteiger partial charge in [0.2, 0.25) is 5.91 Å². The van der Waals surface area contributed by atoms with E-state index in [4.69, 9.17) is 9.47 Å². The molecular formula is C18H21BrN4O5. The van der Waals surface area contributed by atoms with E-state index in [9.17, 15) is 15.0 Å². The number of aliphatic hydroxyl groups excluding tert-OH is 2. The number of amides is 1. The summed E-state index contributed by atoms with van der Waals surface area (Å²) in [5, 5.41) is 31.8. The van der Waals surface area contributed by atoms with Crippen LogP contribution in [0, 0.1) is 0 Å². The lowest BCUT2D eigenvalue weighted by atomic mass is 9.95. The number of ether oxygens (including phenoxy) is 2. The number of nitrogens with one attached hydrogen (secondary N) is 1. The molecule has 3 N–H and O–H groups in total. The molecule has 1 amide bonds. The number of hydrogen-bond donors (Lipinski definition) is 3. The van der Waals surface area contributed by atoms with Crippen LogP contribution in [-0.2, 0) is 14.3 Å². The summed E-state index contributed by atoms with van der Waals surface area (Å²) in [5.74, 6) is -0.383. The third-order valence-corrected chi connectivity index (χ3v) is 4.77. The van der Waals surface area contributed by atoms with E-state index in [2.05, 4.69) is 38.1 Å². The van der Waals surface area contributed by atoms with Crippen molar-refractivity contribution in [3.8, 4) is 5.69 Å². The van der Waals surface area contributed by atoms with Crippen LogP contribution in [-0.4, -0.2) is 62.3 Å². The molecule has 9 nitrogen and oxygen atoms in total. The molecule has 10 heteroatoms. The summed E-state index contributed by atoms with van der Waals surface area (Å²) in [7, 11) is 0. The van der Waals surface area contributed by atoms with E-state index in [0.717, 1.165) is 10.2 Å². The standard InChI is InChI=1S/C18H21BrN4O5/c1-3-8-27-18-14(20-10(2)24)15(25)16(26)17(28-18)13-9-23(22-21-13)12-6-4-11(19)5-7-12/h3-7,9,14-18,25-26H,1,8H2,2H3,(H,20,24)/t14-,15-,16-,17-,18+/m1/s1. The summed E-state index contributed by atoms with van der Waals surface area (Å²) in [5.41, 5.74) is 1.09. The van der Waals surface area contributed by atoms with Crippen molar-refractivity contribution < 1.29 is 24.5 Å². The number of nitrogens with zero attached hydrogens (tertiary/aromatic N) is 3. The summed E-state index contributed by atoms with van der Waals surface area (Å²) in [4.78, 5) is 11.5. The number of aromatic nitrogens is 3. The first-order chi connectivity index (χ1) is 13.4. The number of benzene rings is 1. The van der Waals surface area contributed by atoms with Gasteiger partial charge in [0.25, 0.3) is 0 Å².